The summed E-state index contributed by atoms with van der Waals surface area (Å²) in [6, 6.07) is 41.1. The van der Waals surface area contributed by atoms with E-state index in [1.165, 1.54) is 0 Å². The van der Waals surface area contributed by atoms with E-state index in [0.29, 0.717) is 17.5 Å². The normalized spacial score (nSPS) is 10.9. The first-order chi connectivity index (χ1) is 18.6. The summed E-state index contributed by atoms with van der Waals surface area (Å²) in [7, 11) is 0. The molecule has 4 heteroatoms. The molecule has 0 unspecified atom stereocenters. The largest absolute Gasteiger partial charge is 0.248 e. The zero-order valence-electron chi connectivity index (χ0n) is 21.3. The van der Waals surface area contributed by atoms with Crippen LogP contribution >= 0.6 is 0 Å². The van der Waals surface area contributed by atoms with Gasteiger partial charge in [0, 0.05) is 27.8 Å². The summed E-state index contributed by atoms with van der Waals surface area (Å²) >= 11 is 0. The monoisotopic (exact) mass is 490 g/mol. The van der Waals surface area contributed by atoms with E-state index in [1.807, 2.05) is 60.7 Å². The van der Waals surface area contributed by atoms with Crippen molar-refractivity contribution in [1.29, 1.82) is 0 Å². The van der Waals surface area contributed by atoms with Gasteiger partial charge in [0.25, 0.3) is 0 Å². The van der Waals surface area contributed by atoms with Crippen LogP contribution in [-0.4, -0.2) is 19.9 Å². The summed E-state index contributed by atoms with van der Waals surface area (Å²) in [5.74, 6) is 1.97. The first kappa shape index (κ1) is 23.4. The van der Waals surface area contributed by atoms with E-state index in [1.54, 1.807) is 0 Å². The molecule has 0 radical (unpaired) electrons. The molecule has 38 heavy (non-hydrogen) atoms. The minimum Gasteiger partial charge on any atom is -0.248 e. The van der Waals surface area contributed by atoms with Crippen molar-refractivity contribution in [2.75, 3.05) is 0 Å². The van der Waals surface area contributed by atoms with E-state index >= 15 is 0 Å². The van der Waals surface area contributed by atoms with Gasteiger partial charge in [-0.3, -0.25) is 0 Å². The zero-order valence-corrected chi connectivity index (χ0v) is 21.3. The molecule has 2 heterocycles. The SMILES string of the molecule is Cc1cccc(-c2nc(-c3ccc(-c4cccc(-c5ccccc5)n4)cc3)nc(-c3cccc(C)c3)n2)c1. The van der Waals surface area contributed by atoms with Gasteiger partial charge in [-0.2, -0.15) is 0 Å². The topological polar surface area (TPSA) is 51.6 Å². The lowest BCUT2D eigenvalue weighted by Gasteiger charge is -2.10. The van der Waals surface area contributed by atoms with E-state index in [2.05, 4.69) is 74.5 Å². The summed E-state index contributed by atoms with van der Waals surface area (Å²) in [6.07, 6.45) is 0. The molecule has 0 aliphatic carbocycles. The Hall–Kier alpha value is -4.96. The number of pyridine rings is 1. The Labute approximate surface area is 222 Å². The molecule has 4 nitrogen and oxygen atoms in total. The van der Waals surface area contributed by atoms with Crippen LogP contribution in [0, 0.1) is 13.8 Å². The highest BCUT2D eigenvalue weighted by Crippen LogP contribution is 2.28. The zero-order chi connectivity index (χ0) is 25.9. The van der Waals surface area contributed by atoms with E-state index < -0.39 is 0 Å². The average Bonchev–Trinajstić information content (AvgIpc) is 2.97. The Morgan fingerprint density at radius 3 is 1.29 bits per heavy atom. The van der Waals surface area contributed by atoms with Crippen LogP contribution in [0.1, 0.15) is 11.1 Å². The Kier molecular flexibility index (Phi) is 6.29. The van der Waals surface area contributed by atoms with Gasteiger partial charge >= 0.3 is 0 Å². The fourth-order valence-corrected chi connectivity index (χ4v) is 4.49. The van der Waals surface area contributed by atoms with Gasteiger partial charge in [0.15, 0.2) is 17.5 Å². The molecule has 6 rings (SSSR count). The number of rotatable bonds is 5. The molecule has 0 aliphatic heterocycles. The maximum Gasteiger partial charge on any atom is 0.164 e. The number of benzene rings is 4. The molecular formula is C34H26N4. The Morgan fingerprint density at radius 2 is 0.763 bits per heavy atom. The maximum absolute atomic E-state index is 4.90. The van der Waals surface area contributed by atoms with Crippen LogP contribution in [0.4, 0.5) is 0 Å². The van der Waals surface area contributed by atoms with Gasteiger partial charge in [-0.25, -0.2) is 19.9 Å². The first-order valence-electron chi connectivity index (χ1n) is 12.7. The van der Waals surface area contributed by atoms with Crippen molar-refractivity contribution in [3.8, 4) is 56.7 Å². The lowest BCUT2D eigenvalue weighted by Crippen LogP contribution is -2.00. The van der Waals surface area contributed by atoms with Crippen molar-refractivity contribution in [1.82, 2.24) is 19.9 Å². The van der Waals surface area contributed by atoms with Crippen molar-refractivity contribution in [2.45, 2.75) is 13.8 Å². The van der Waals surface area contributed by atoms with Gasteiger partial charge in [-0.1, -0.05) is 108 Å². The van der Waals surface area contributed by atoms with Crippen LogP contribution in [0.25, 0.3) is 56.7 Å². The molecule has 2 aromatic heterocycles. The predicted octanol–water partition coefficient (Wildman–Crippen LogP) is 8.22. The summed E-state index contributed by atoms with van der Waals surface area (Å²) < 4.78 is 0. The molecule has 0 atom stereocenters. The lowest BCUT2D eigenvalue weighted by molar-refractivity contribution is 1.07. The smallest absolute Gasteiger partial charge is 0.164 e. The molecule has 0 N–H and O–H groups in total. The lowest BCUT2D eigenvalue weighted by atomic mass is 10.1. The second-order valence-electron chi connectivity index (χ2n) is 9.40. The summed E-state index contributed by atoms with van der Waals surface area (Å²) in [5.41, 5.74) is 9.22. The third-order valence-electron chi connectivity index (χ3n) is 6.45. The standard InChI is InChI=1S/C34H26N4/c1-23-9-6-13-28(21-23)33-36-32(37-34(38-33)29-14-7-10-24(2)22-29)27-19-17-26(18-20-27)31-16-8-15-30(35-31)25-11-4-3-5-12-25/h3-22H,1-2H3. The van der Waals surface area contributed by atoms with Crippen LogP contribution < -0.4 is 0 Å². The summed E-state index contributed by atoms with van der Waals surface area (Å²) in [4.78, 5) is 19.5. The highest BCUT2D eigenvalue weighted by Gasteiger charge is 2.13. The minimum atomic E-state index is 0.644. The quantitative estimate of drug-likeness (QED) is 0.244. The van der Waals surface area contributed by atoms with E-state index in [0.717, 1.165) is 50.3 Å². The van der Waals surface area contributed by atoms with Crippen LogP contribution in [0.2, 0.25) is 0 Å². The third kappa shape index (κ3) is 4.97. The minimum absolute atomic E-state index is 0.644. The molecule has 0 fully saturated rings. The number of aryl methyl sites for hydroxylation is 2. The molecular weight excluding hydrogens is 464 g/mol. The van der Waals surface area contributed by atoms with Gasteiger partial charge < -0.3 is 0 Å². The summed E-state index contributed by atoms with van der Waals surface area (Å²) in [5, 5.41) is 0. The van der Waals surface area contributed by atoms with Crippen LogP contribution in [0.5, 0.6) is 0 Å². The average molecular weight is 491 g/mol. The van der Waals surface area contributed by atoms with Crippen molar-refractivity contribution < 1.29 is 0 Å². The van der Waals surface area contributed by atoms with Gasteiger partial charge in [0.05, 0.1) is 11.4 Å². The maximum atomic E-state index is 4.90. The van der Waals surface area contributed by atoms with E-state index in [-0.39, 0.29) is 0 Å². The van der Waals surface area contributed by atoms with Crippen molar-refractivity contribution in [3.63, 3.8) is 0 Å². The number of hydrogen-bond donors (Lipinski definition) is 0. The number of hydrogen-bond acceptors (Lipinski definition) is 4. The molecule has 4 aromatic carbocycles. The molecule has 182 valence electrons. The molecule has 0 saturated heterocycles. The highest BCUT2D eigenvalue weighted by atomic mass is 15.0. The molecule has 0 amide bonds. The fraction of sp³-hybridized carbons (Fsp3) is 0.0588. The first-order valence-corrected chi connectivity index (χ1v) is 12.7. The van der Waals surface area contributed by atoms with Gasteiger partial charge in [0.2, 0.25) is 0 Å². The van der Waals surface area contributed by atoms with Crippen LogP contribution in [0.3, 0.4) is 0 Å². The van der Waals surface area contributed by atoms with Crippen molar-refractivity contribution >= 4 is 0 Å². The second-order valence-corrected chi connectivity index (χ2v) is 9.40. The van der Waals surface area contributed by atoms with Crippen molar-refractivity contribution in [3.05, 3.63) is 132 Å². The van der Waals surface area contributed by atoms with Crippen molar-refractivity contribution in [2.24, 2.45) is 0 Å². The van der Waals surface area contributed by atoms with Gasteiger partial charge in [-0.15, -0.1) is 0 Å². The third-order valence-corrected chi connectivity index (χ3v) is 6.45. The fourth-order valence-electron chi connectivity index (χ4n) is 4.49. The Balaban J connectivity index is 1.40. The van der Waals surface area contributed by atoms with Crippen LogP contribution in [0.15, 0.2) is 121 Å². The van der Waals surface area contributed by atoms with E-state index in [9.17, 15) is 0 Å². The summed E-state index contributed by atoms with van der Waals surface area (Å²) in [6.45, 7) is 4.15. The van der Waals surface area contributed by atoms with Gasteiger partial charge in [-0.05, 0) is 38.1 Å². The molecule has 6 aromatic rings. The second kappa shape index (κ2) is 10.2. The Bertz CT molecular complexity index is 1660. The molecule has 0 aliphatic rings. The number of aromatic nitrogens is 4. The molecule has 0 spiro atoms. The van der Waals surface area contributed by atoms with Crippen LogP contribution in [-0.2, 0) is 0 Å². The van der Waals surface area contributed by atoms with Gasteiger partial charge in [0.1, 0.15) is 0 Å². The Morgan fingerprint density at radius 1 is 0.342 bits per heavy atom. The number of nitrogens with zero attached hydrogens (tertiary/aromatic N) is 4. The molecule has 0 bridgehead atoms. The highest BCUT2D eigenvalue weighted by molar-refractivity contribution is 5.71. The predicted molar refractivity (Wildman–Crippen MR) is 154 cm³/mol. The molecule has 0 saturated carbocycles. The van der Waals surface area contributed by atoms with E-state index in [4.69, 9.17) is 19.9 Å².